The number of carbonyl (C=O) groups excluding carboxylic acids is 1. The Labute approximate surface area is 118 Å². The van der Waals surface area contributed by atoms with Crippen LogP contribution < -0.4 is 20.5 Å². The first kappa shape index (κ1) is 15.8. The Morgan fingerprint density at radius 2 is 2.25 bits per heavy atom. The molecule has 0 aliphatic carbocycles. The maximum Gasteiger partial charge on any atom is 0.258 e. The van der Waals surface area contributed by atoms with Gasteiger partial charge >= 0.3 is 0 Å². The lowest BCUT2D eigenvalue weighted by Crippen LogP contribution is -2.29. The Morgan fingerprint density at radius 1 is 1.45 bits per heavy atom. The molecule has 0 aromatic heterocycles. The van der Waals surface area contributed by atoms with Gasteiger partial charge in [-0.05, 0) is 12.5 Å². The highest BCUT2D eigenvalue weighted by molar-refractivity contribution is 5.77. The molecule has 1 rings (SSSR count). The topological polar surface area (TPSA) is 97.4 Å². The number of nitriles is 1. The maximum absolute atomic E-state index is 11.4. The van der Waals surface area contributed by atoms with E-state index in [9.17, 15) is 4.79 Å². The smallest absolute Gasteiger partial charge is 0.258 e. The molecule has 0 saturated heterocycles. The standard InChI is InChI=1S/C14H19N3O3/c1-2-7-19-12-4-3-11(9-16)13(8-12)20-10-14(18)17-6-5-15/h3-4,8H,2,6-7,9-10,16H2,1H3,(H,17,18). The first-order chi connectivity index (χ1) is 9.71. The molecule has 6 heteroatoms. The summed E-state index contributed by atoms with van der Waals surface area (Å²) in [5, 5.41) is 10.8. The summed E-state index contributed by atoms with van der Waals surface area (Å²) >= 11 is 0. The van der Waals surface area contributed by atoms with Gasteiger partial charge in [0.25, 0.3) is 5.91 Å². The van der Waals surface area contributed by atoms with Crippen LogP contribution in [0.2, 0.25) is 0 Å². The molecule has 1 amide bonds. The van der Waals surface area contributed by atoms with Gasteiger partial charge in [-0.15, -0.1) is 0 Å². The van der Waals surface area contributed by atoms with E-state index in [1.807, 2.05) is 25.1 Å². The van der Waals surface area contributed by atoms with E-state index in [1.54, 1.807) is 6.07 Å². The number of nitrogens with one attached hydrogen (secondary N) is 1. The van der Waals surface area contributed by atoms with Crippen LogP contribution >= 0.6 is 0 Å². The molecule has 3 N–H and O–H groups in total. The SMILES string of the molecule is CCCOc1ccc(CN)c(OCC(=O)NCC#N)c1. The van der Waals surface area contributed by atoms with Crippen molar-refractivity contribution < 1.29 is 14.3 Å². The van der Waals surface area contributed by atoms with Gasteiger partial charge < -0.3 is 20.5 Å². The maximum atomic E-state index is 11.4. The highest BCUT2D eigenvalue weighted by Gasteiger charge is 2.08. The van der Waals surface area contributed by atoms with Crippen LogP contribution in [0, 0.1) is 11.3 Å². The minimum absolute atomic E-state index is 0.0361. The number of nitrogens with two attached hydrogens (primary N) is 1. The van der Waals surface area contributed by atoms with Gasteiger partial charge in [0.1, 0.15) is 18.0 Å². The van der Waals surface area contributed by atoms with Crippen LogP contribution in [0.1, 0.15) is 18.9 Å². The Balaban J connectivity index is 2.66. The zero-order valence-corrected chi connectivity index (χ0v) is 11.5. The average molecular weight is 277 g/mol. The fourth-order valence-corrected chi connectivity index (χ4v) is 1.48. The summed E-state index contributed by atoms with van der Waals surface area (Å²) in [7, 11) is 0. The molecule has 0 atom stereocenters. The van der Waals surface area contributed by atoms with Crippen LogP contribution in [-0.2, 0) is 11.3 Å². The van der Waals surface area contributed by atoms with Crippen LogP contribution in [0.4, 0.5) is 0 Å². The minimum Gasteiger partial charge on any atom is -0.493 e. The summed E-state index contributed by atoms with van der Waals surface area (Å²) in [4.78, 5) is 11.4. The molecule has 108 valence electrons. The highest BCUT2D eigenvalue weighted by atomic mass is 16.5. The van der Waals surface area contributed by atoms with E-state index in [0.717, 1.165) is 12.0 Å². The molecule has 0 radical (unpaired) electrons. The van der Waals surface area contributed by atoms with Crippen molar-refractivity contribution in [3.05, 3.63) is 23.8 Å². The third kappa shape index (κ3) is 5.16. The van der Waals surface area contributed by atoms with Gasteiger partial charge in [0.2, 0.25) is 0 Å². The lowest BCUT2D eigenvalue weighted by Gasteiger charge is -2.12. The Hall–Kier alpha value is -2.26. The van der Waals surface area contributed by atoms with Gasteiger partial charge in [-0.3, -0.25) is 4.79 Å². The van der Waals surface area contributed by atoms with Crippen LogP contribution in [0.3, 0.4) is 0 Å². The number of carbonyl (C=O) groups is 1. The van der Waals surface area contributed by atoms with E-state index >= 15 is 0 Å². The van der Waals surface area contributed by atoms with Crippen LogP contribution in [0.5, 0.6) is 11.5 Å². The zero-order valence-electron chi connectivity index (χ0n) is 11.5. The molecule has 0 fully saturated rings. The van der Waals surface area contributed by atoms with E-state index in [2.05, 4.69) is 5.32 Å². The van der Waals surface area contributed by atoms with E-state index in [4.69, 9.17) is 20.5 Å². The number of rotatable bonds is 8. The van der Waals surface area contributed by atoms with Crippen molar-refractivity contribution in [2.24, 2.45) is 5.73 Å². The Kier molecular flexibility index (Phi) is 6.93. The van der Waals surface area contributed by atoms with E-state index < -0.39 is 0 Å². The molecule has 0 unspecified atom stereocenters. The quantitative estimate of drug-likeness (QED) is 0.689. The molecule has 0 saturated carbocycles. The van der Waals surface area contributed by atoms with Gasteiger partial charge in [0, 0.05) is 18.2 Å². The molecule has 0 spiro atoms. The Bertz CT molecular complexity index is 483. The molecule has 1 aromatic rings. The zero-order chi connectivity index (χ0) is 14.8. The Morgan fingerprint density at radius 3 is 2.90 bits per heavy atom. The first-order valence-corrected chi connectivity index (χ1v) is 6.43. The number of hydrogen-bond donors (Lipinski definition) is 2. The van der Waals surface area contributed by atoms with E-state index in [0.29, 0.717) is 24.7 Å². The number of ether oxygens (including phenoxy) is 2. The van der Waals surface area contributed by atoms with Crippen molar-refractivity contribution >= 4 is 5.91 Å². The molecular formula is C14H19N3O3. The minimum atomic E-state index is -0.352. The lowest BCUT2D eigenvalue weighted by atomic mass is 10.2. The number of hydrogen-bond acceptors (Lipinski definition) is 5. The van der Waals surface area contributed by atoms with Crippen LogP contribution in [0.25, 0.3) is 0 Å². The molecule has 0 aliphatic heterocycles. The molecule has 20 heavy (non-hydrogen) atoms. The normalized spacial score (nSPS) is 9.65. The second-order valence-electron chi connectivity index (χ2n) is 4.05. The molecule has 0 heterocycles. The fraction of sp³-hybridized carbons (Fsp3) is 0.429. The monoisotopic (exact) mass is 277 g/mol. The molecule has 0 aliphatic rings. The summed E-state index contributed by atoms with van der Waals surface area (Å²) in [5.41, 5.74) is 6.42. The van der Waals surface area contributed by atoms with Crippen molar-refractivity contribution in [2.45, 2.75) is 19.9 Å². The molecule has 0 bridgehead atoms. The van der Waals surface area contributed by atoms with Gasteiger partial charge in [0.05, 0.1) is 12.7 Å². The second kappa shape index (κ2) is 8.77. The van der Waals surface area contributed by atoms with E-state index in [1.165, 1.54) is 0 Å². The van der Waals surface area contributed by atoms with Gasteiger partial charge in [0.15, 0.2) is 6.61 Å². The summed E-state index contributed by atoms with van der Waals surface area (Å²) in [6.45, 7) is 2.75. The molecular weight excluding hydrogens is 258 g/mol. The van der Waals surface area contributed by atoms with Crippen LogP contribution in [0.15, 0.2) is 18.2 Å². The van der Waals surface area contributed by atoms with Gasteiger partial charge in [-0.2, -0.15) is 5.26 Å². The van der Waals surface area contributed by atoms with E-state index in [-0.39, 0.29) is 19.1 Å². The van der Waals surface area contributed by atoms with Crippen molar-refractivity contribution in [1.29, 1.82) is 5.26 Å². The molecule has 1 aromatic carbocycles. The van der Waals surface area contributed by atoms with Crippen molar-refractivity contribution in [2.75, 3.05) is 19.8 Å². The fourth-order valence-electron chi connectivity index (χ4n) is 1.48. The van der Waals surface area contributed by atoms with Crippen LogP contribution in [-0.4, -0.2) is 25.7 Å². The first-order valence-electron chi connectivity index (χ1n) is 6.43. The third-order valence-corrected chi connectivity index (χ3v) is 2.45. The van der Waals surface area contributed by atoms with Crippen molar-refractivity contribution in [3.8, 4) is 17.6 Å². The second-order valence-corrected chi connectivity index (χ2v) is 4.05. The largest absolute Gasteiger partial charge is 0.493 e. The lowest BCUT2D eigenvalue weighted by molar-refractivity contribution is -0.122. The van der Waals surface area contributed by atoms with Gasteiger partial charge in [-0.25, -0.2) is 0 Å². The predicted molar refractivity (Wildman–Crippen MR) is 74.2 cm³/mol. The summed E-state index contributed by atoms with van der Waals surface area (Å²) < 4.78 is 10.9. The third-order valence-electron chi connectivity index (χ3n) is 2.45. The number of benzene rings is 1. The van der Waals surface area contributed by atoms with Crippen molar-refractivity contribution in [1.82, 2.24) is 5.32 Å². The van der Waals surface area contributed by atoms with Crippen molar-refractivity contribution in [3.63, 3.8) is 0 Å². The molecule has 6 nitrogen and oxygen atoms in total. The van der Waals surface area contributed by atoms with Gasteiger partial charge in [-0.1, -0.05) is 13.0 Å². The number of nitrogens with zero attached hydrogens (tertiary/aromatic N) is 1. The number of amides is 1. The highest BCUT2D eigenvalue weighted by Crippen LogP contribution is 2.24. The predicted octanol–water partition coefficient (Wildman–Crippen LogP) is 0.953. The summed E-state index contributed by atoms with van der Waals surface area (Å²) in [6, 6.07) is 7.17. The summed E-state index contributed by atoms with van der Waals surface area (Å²) in [6.07, 6.45) is 0.908. The average Bonchev–Trinajstić information content (AvgIpc) is 2.48. The summed E-state index contributed by atoms with van der Waals surface area (Å²) in [5.74, 6) is 0.846.